The van der Waals surface area contributed by atoms with Crippen LogP contribution in [0.25, 0.3) is 0 Å². The van der Waals surface area contributed by atoms with Gasteiger partial charge in [0.05, 0.1) is 5.69 Å². The van der Waals surface area contributed by atoms with Crippen LogP contribution in [0.3, 0.4) is 0 Å². The largest absolute Gasteiger partial charge is 0.370 e. The zero-order chi connectivity index (χ0) is 11.8. The van der Waals surface area contributed by atoms with Crippen LogP contribution in [0.4, 0.5) is 5.82 Å². The molecule has 0 fully saturated rings. The van der Waals surface area contributed by atoms with E-state index in [9.17, 15) is 0 Å². The normalized spacial score (nSPS) is 10.7. The van der Waals surface area contributed by atoms with E-state index in [4.69, 9.17) is 0 Å². The molecule has 92 valence electrons. The summed E-state index contributed by atoms with van der Waals surface area (Å²) < 4.78 is 1.94. The van der Waals surface area contributed by atoms with Crippen molar-refractivity contribution in [2.45, 2.75) is 33.1 Å². The van der Waals surface area contributed by atoms with Crippen LogP contribution in [-0.2, 0) is 13.5 Å². The molecular formula is C12H23N3S. The van der Waals surface area contributed by atoms with Crippen molar-refractivity contribution in [1.82, 2.24) is 9.78 Å². The van der Waals surface area contributed by atoms with Crippen molar-refractivity contribution in [3.63, 3.8) is 0 Å². The van der Waals surface area contributed by atoms with Crippen LogP contribution < -0.4 is 5.32 Å². The van der Waals surface area contributed by atoms with Crippen LogP contribution in [0.5, 0.6) is 0 Å². The number of aryl methyl sites for hydroxylation is 2. The minimum atomic E-state index is 1.04. The third-order valence-electron chi connectivity index (χ3n) is 2.41. The van der Waals surface area contributed by atoms with E-state index >= 15 is 0 Å². The molecule has 3 nitrogen and oxygen atoms in total. The van der Waals surface area contributed by atoms with E-state index in [2.05, 4.69) is 30.3 Å². The molecule has 1 aromatic rings. The van der Waals surface area contributed by atoms with Gasteiger partial charge in [-0.15, -0.1) is 0 Å². The second-order valence-corrected chi connectivity index (χ2v) is 5.27. The van der Waals surface area contributed by atoms with Gasteiger partial charge in [0.2, 0.25) is 0 Å². The molecule has 0 aliphatic carbocycles. The summed E-state index contributed by atoms with van der Waals surface area (Å²) in [4.78, 5) is 0. The molecule has 0 radical (unpaired) electrons. The zero-order valence-electron chi connectivity index (χ0n) is 10.6. The second-order valence-electron chi connectivity index (χ2n) is 3.87. The van der Waals surface area contributed by atoms with E-state index in [1.165, 1.54) is 23.6 Å². The fourth-order valence-electron chi connectivity index (χ4n) is 1.61. The molecule has 0 spiro atoms. The van der Waals surface area contributed by atoms with Crippen molar-refractivity contribution in [1.29, 1.82) is 0 Å². The average molecular weight is 241 g/mol. The molecule has 0 unspecified atom stereocenters. The van der Waals surface area contributed by atoms with E-state index in [1.807, 2.05) is 23.5 Å². The van der Waals surface area contributed by atoms with E-state index in [-0.39, 0.29) is 0 Å². The first kappa shape index (κ1) is 13.4. The van der Waals surface area contributed by atoms with Gasteiger partial charge in [-0.25, -0.2) is 0 Å². The number of thioether (sulfide) groups is 1. The third kappa shape index (κ3) is 4.47. The van der Waals surface area contributed by atoms with E-state index in [0.29, 0.717) is 0 Å². The maximum atomic E-state index is 4.46. The zero-order valence-corrected chi connectivity index (χ0v) is 11.4. The van der Waals surface area contributed by atoms with Crippen LogP contribution in [0, 0.1) is 0 Å². The molecule has 1 rings (SSSR count). The summed E-state index contributed by atoms with van der Waals surface area (Å²) in [6, 6.07) is 2.16. The SMILES string of the molecule is CCCc1cc(NCCCSCC)n(C)n1. The standard InChI is InChI=1S/C12H23N3S/c1-4-7-11-10-12(15(3)14-11)13-8-6-9-16-5-2/h10,13H,4-9H2,1-3H3. The summed E-state index contributed by atoms with van der Waals surface area (Å²) in [5.41, 5.74) is 1.19. The monoisotopic (exact) mass is 241 g/mol. The summed E-state index contributed by atoms with van der Waals surface area (Å²) in [7, 11) is 2.00. The molecule has 0 aromatic carbocycles. The highest BCUT2D eigenvalue weighted by molar-refractivity contribution is 7.99. The van der Waals surface area contributed by atoms with Gasteiger partial charge in [-0.2, -0.15) is 16.9 Å². The van der Waals surface area contributed by atoms with Gasteiger partial charge in [0.15, 0.2) is 0 Å². The van der Waals surface area contributed by atoms with Crippen molar-refractivity contribution < 1.29 is 0 Å². The Morgan fingerprint density at radius 3 is 2.94 bits per heavy atom. The van der Waals surface area contributed by atoms with Crippen LogP contribution in [-0.4, -0.2) is 27.8 Å². The number of anilines is 1. The molecule has 0 saturated heterocycles. The predicted molar refractivity (Wildman–Crippen MR) is 73.3 cm³/mol. The van der Waals surface area contributed by atoms with Crippen LogP contribution in [0.2, 0.25) is 0 Å². The highest BCUT2D eigenvalue weighted by Gasteiger charge is 2.02. The molecular weight excluding hydrogens is 218 g/mol. The fourth-order valence-corrected chi connectivity index (χ4v) is 2.24. The van der Waals surface area contributed by atoms with Crippen LogP contribution >= 0.6 is 11.8 Å². The van der Waals surface area contributed by atoms with Gasteiger partial charge in [-0.05, 0) is 24.3 Å². The van der Waals surface area contributed by atoms with Gasteiger partial charge in [0.25, 0.3) is 0 Å². The van der Waals surface area contributed by atoms with Gasteiger partial charge < -0.3 is 5.32 Å². The van der Waals surface area contributed by atoms with E-state index in [1.54, 1.807) is 0 Å². The summed E-state index contributed by atoms with van der Waals surface area (Å²) in [6.45, 7) is 5.43. The molecule has 0 saturated carbocycles. The van der Waals surface area contributed by atoms with Crippen molar-refractivity contribution in [3.8, 4) is 0 Å². The lowest BCUT2D eigenvalue weighted by atomic mass is 10.2. The first-order valence-electron chi connectivity index (χ1n) is 6.12. The summed E-state index contributed by atoms with van der Waals surface area (Å²) >= 11 is 2.00. The minimum absolute atomic E-state index is 1.04. The lowest BCUT2D eigenvalue weighted by molar-refractivity contribution is 0.734. The Balaban J connectivity index is 2.30. The van der Waals surface area contributed by atoms with Gasteiger partial charge in [0.1, 0.15) is 5.82 Å². The molecule has 0 bridgehead atoms. The number of nitrogens with one attached hydrogen (secondary N) is 1. The van der Waals surface area contributed by atoms with Crippen molar-refractivity contribution in [3.05, 3.63) is 11.8 Å². The topological polar surface area (TPSA) is 29.9 Å². The molecule has 0 aliphatic rings. The first-order chi connectivity index (χ1) is 7.77. The predicted octanol–water partition coefficient (Wildman–Crippen LogP) is 2.93. The molecule has 16 heavy (non-hydrogen) atoms. The summed E-state index contributed by atoms with van der Waals surface area (Å²) in [6.07, 6.45) is 3.44. The van der Waals surface area contributed by atoms with E-state index < -0.39 is 0 Å². The number of hydrogen-bond donors (Lipinski definition) is 1. The number of aromatic nitrogens is 2. The van der Waals surface area contributed by atoms with Gasteiger partial charge in [-0.3, -0.25) is 4.68 Å². The van der Waals surface area contributed by atoms with Crippen LogP contribution in [0.1, 0.15) is 32.4 Å². The number of hydrogen-bond acceptors (Lipinski definition) is 3. The highest BCUT2D eigenvalue weighted by Crippen LogP contribution is 2.11. The maximum Gasteiger partial charge on any atom is 0.124 e. The van der Waals surface area contributed by atoms with Crippen LogP contribution in [0.15, 0.2) is 6.07 Å². The molecule has 0 atom stereocenters. The molecule has 0 amide bonds. The lowest BCUT2D eigenvalue weighted by Crippen LogP contribution is -2.06. The quantitative estimate of drug-likeness (QED) is 0.710. The van der Waals surface area contributed by atoms with Gasteiger partial charge in [0, 0.05) is 19.7 Å². The smallest absolute Gasteiger partial charge is 0.124 e. The maximum absolute atomic E-state index is 4.46. The number of nitrogens with zero attached hydrogens (tertiary/aromatic N) is 2. The minimum Gasteiger partial charge on any atom is -0.370 e. The van der Waals surface area contributed by atoms with Gasteiger partial charge in [-0.1, -0.05) is 20.3 Å². The molecule has 1 aromatic heterocycles. The Bertz CT molecular complexity index is 296. The Morgan fingerprint density at radius 2 is 2.25 bits per heavy atom. The molecule has 0 aliphatic heterocycles. The van der Waals surface area contributed by atoms with E-state index in [0.717, 1.165) is 25.2 Å². The summed E-state index contributed by atoms with van der Waals surface area (Å²) in [5.74, 6) is 3.60. The Labute approximate surface area is 103 Å². The molecule has 4 heteroatoms. The van der Waals surface area contributed by atoms with Gasteiger partial charge >= 0.3 is 0 Å². The van der Waals surface area contributed by atoms with Crippen molar-refractivity contribution >= 4 is 17.6 Å². The summed E-state index contributed by atoms with van der Waals surface area (Å²) in [5, 5.41) is 7.90. The Hall–Kier alpha value is -0.640. The lowest BCUT2D eigenvalue weighted by Gasteiger charge is -2.05. The average Bonchev–Trinajstić information content (AvgIpc) is 2.60. The molecule has 1 heterocycles. The van der Waals surface area contributed by atoms with Crippen molar-refractivity contribution in [2.24, 2.45) is 7.05 Å². The Morgan fingerprint density at radius 1 is 1.44 bits per heavy atom. The number of rotatable bonds is 8. The fraction of sp³-hybridized carbons (Fsp3) is 0.750. The highest BCUT2D eigenvalue weighted by atomic mass is 32.2. The Kier molecular flexibility index (Phi) is 6.38. The molecule has 1 N–H and O–H groups in total. The first-order valence-corrected chi connectivity index (χ1v) is 7.28. The third-order valence-corrected chi connectivity index (χ3v) is 3.40. The second kappa shape index (κ2) is 7.60. The van der Waals surface area contributed by atoms with Crippen molar-refractivity contribution in [2.75, 3.05) is 23.4 Å².